The number of nitrogens with one attached hydrogen (secondary N) is 1. The highest BCUT2D eigenvalue weighted by atomic mass is 35.5. The van der Waals surface area contributed by atoms with Crippen LogP contribution >= 0.6 is 11.6 Å². The van der Waals surface area contributed by atoms with Crippen molar-refractivity contribution in [3.05, 3.63) is 40.3 Å². The molecule has 11 heteroatoms. The number of rotatable bonds is 7. The van der Waals surface area contributed by atoms with Crippen LogP contribution in [0.1, 0.15) is 60.3 Å². The Morgan fingerprint density at radius 1 is 1.19 bits per heavy atom. The first kappa shape index (κ1) is 26.2. The number of anilines is 2. The Morgan fingerprint density at radius 2 is 1.92 bits per heavy atom. The zero-order valence-corrected chi connectivity index (χ0v) is 22.0. The zero-order valence-electron chi connectivity index (χ0n) is 21.2. The summed E-state index contributed by atoms with van der Waals surface area (Å²) in [5.74, 6) is 5.81. The fourth-order valence-electron chi connectivity index (χ4n) is 5.21. The van der Waals surface area contributed by atoms with E-state index >= 15 is 0 Å². The molecule has 3 N–H and O–H groups in total. The summed E-state index contributed by atoms with van der Waals surface area (Å²) < 4.78 is 5.77. The predicted molar refractivity (Wildman–Crippen MR) is 140 cm³/mol. The molecule has 2 aromatic rings. The first-order valence-corrected chi connectivity index (χ1v) is 12.9. The van der Waals surface area contributed by atoms with Crippen molar-refractivity contribution in [2.24, 2.45) is 16.2 Å². The van der Waals surface area contributed by atoms with Gasteiger partial charge in [0.15, 0.2) is 16.7 Å². The molecule has 1 aromatic heterocycles. The molecule has 0 spiro atoms. The van der Waals surface area contributed by atoms with E-state index in [0.29, 0.717) is 29.8 Å². The summed E-state index contributed by atoms with van der Waals surface area (Å²) in [7, 11) is 3.89. The van der Waals surface area contributed by atoms with Crippen LogP contribution in [0.5, 0.6) is 5.75 Å². The van der Waals surface area contributed by atoms with Gasteiger partial charge in [-0.3, -0.25) is 4.79 Å². The van der Waals surface area contributed by atoms with Gasteiger partial charge in [0.1, 0.15) is 5.75 Å². The number of halogens is 1. The van der Waals surface area contributed by atoms with Crippen LogP contribution in [0.15, 0.2) is 28.5 Å². The Labute approximate surface area is 217 Å². The molecular formula is C25H35ClN8O2. The standard InChI is InChI=1S/C25H35ClN8O2/c1-4-20-23(26)30-24(22(29-20)25(35)31-32-27)28-17-5-6-19(21(15-17)36-3)16-7-13-34(14-8-16)18-9-11-33(2)12-10-18/h5-6,15-16,18H,4,7-14H2,1-3H3,(H,28,30)(H2,27,31,35). The lowest BCUT2D eigenvalue weighted by molar-refractivity contribution is 0.0963. The van der Waals surface area contributed by atoms with E-state index in [0.717, 1.165) is 31.7 Å². The van der Waals surface area contributed by atoms with E-state index in [1.54, 1.807) is 7.11 Å². The van der Waals surface area contributed by atoms with Crippen LogP contribution < -0.4 is 15.9 Å². The summed E-state index contributed by atoms with van der Waals surface area (Å²) in [6, 6.07) is 6.68. The molecule has 2 aliphatic heterocycles. The molecule has 0 saturated carbocycles. The summed E-state index contributed by atoms with van der Waals surface area (Å²) in [6.07, 6.45) is 5.25. The third-order valence-corrected chi connectivity index (χ3v) is 7.58. The van der Waals surface area contributed by atoms with Gasteiger partial charge in [-0.15, -0.1) is 0 Å². The number of piperidine rings is 2. The van der Waals surface area contributed by atoms with Crippen LogP contribution in [-0.2, 0) is 6.42 Å². The monoisotopic (exact) mass is 514 g/mol. The Hall–Kier alpha value is -2.82. The maximum Gasteiger partial charge on any atom is 0.319 e. The molecular weight excluding hydrogens is 480 g/mol. The van der Waals surface area contributed by atoms with Gasteiger partial charge in [0.25, 0.3) is 0 Å². The third kappa shape index (κ3) is 5.93. The number of hydrogen-bond acceptors (Lipinski definition) is 8. The number of hydrogen-bond donors (Lipinski definition) is 2. The molecule has 1 aromatic carbocycles. The van der Waals surface area contributed by atoms with Gasteiger partial charge >= 0.3 is 5.91 Å². The van der Waals surface area contributed by atoms with E-state index in [-0.39, 0.29) is 16.7 Å². The molecule has 36 heavy (non-hydrogen) atoms. The third-order valence-electron chi connectivity index (χ3n) is 7.28. The Morgan fingerprint density at radius 3 is 2.56 bits per heavy atom. The molecule has 0 bridgehead atoms. The summed E-state index contributed by atoms with van der Waals surface area (Å²) in [5, 5.41) is 9.86. The van der Waals surface area contributed by atoms with Gasteiger partial charge in [-0.2, -0.15) is 0 Å². The number of methoxy groups -OCH3 is 1. The lowest BCUT2D eigenvalue weighted by atomic mass is 9.87. The van der Waals surface area contributed by atoms with Crippen LogP contribution in [0.2, 0.25) is 5.15 Å². The summed E-state index contributed by atoms with van der Waals surface area (Å²) >= 11 is 6.28. The molecule has 2 fully saturated rings. The van der Waals surface area contributed by atoms with E-state index in [9.17, 15) is 4.79 Å². The number of amides is 1. The lowest BCUT2D eigenvalue weighted by Crippen LogP contribution is -2.46. The van der Waals surface area contributed by atoms with Gasteiger partial charge in [-0.1, -0.05) is 34.9 Å². The normalized spacial score (nSPS) is 18.6. The fraction of sp³-hybridized carbons (Fsp3) is 0.560. The van der Waals surface area contributed by atoms with Crippen LogP contribution in [0.3, 0.4) is 0 Å². The topological polar surface area (TPSA) is 121 Å². The van der Waals surface area contributed by atoms with Gasteiger partial charge in [0.05, 0.1) is 12.8 Å². The van der Waals surface area contributed by atoms with Crippen molar-refractivity contribution in [1.29, 1.82) is 0 Å². The SMILES string of the molecule is CCc1nc(C(=O)N=NN)c(Nc2ccc(C3CCN(C4CCN(C)CC4)CC3)c(OC)c2)nc1Cl. The smallest absolute Gasteiger partial charge is 0.319 e. The zero-order chi connectivity index (χ0) is 25.7. The van der Waals surface area contributed by atoms with Crippen molar-refractivity contribution in [2.45, 2.75) is 51.0 Å². The minimum absolute atomic E-state index is 0.00905. The van der Waals surface area contributed by atoms with Crippen LogP contribution in [0, 0.1) is 0 Å². The van der Waals surface area contributed by atoms with Crippen LogP contribution in [-0.4, -0.2) is 72.1 Å². The highest BCUT2D eigenvalue weighted by molar-refractivity contribution is 6.30. The van der Waals surface area contributed by atoms with Gasteiger partial charge in [0.2, 0.25) is 0 Å². The number of aryl methyl sites for hydroxylation is 1. The van der Waals surface area contributed by atoms with Gasteiger partial charge in [-0.25, -0.2) is 9.97 Å². The largest absolute Gasteiger partial charge is 0.496 e. The molecule has 0 atom stereocenters. The summed E-state index contributed by atoms with van der Waals surface area (Å²) in [5.41, 5.74) is 2.41. The number of benzene rings is 1. The number of likely N-dealkylation sites (tertiary alicyclic amines) is 2. The molecule has 10 nitrogen and oxygen atoms in total. The second-order valence-electron chi connectivity index (χ2n) is 9.46. The molecule has 0 radical (unpaired) electrons. The predicted octanol–water partition coefficient (Wildman–Crippen LogP) is 4.18. The Kier molecular flexibility index (Phi) is 8.71. The first-order chi connectivity index (χ1) is 17.4. The van der Waals surface area contributed by atoms with E-state index in [1.807, 2.05) is 19.1 Å². The first-order valence-electron chi connectivity index (χ1n) is 12.5. The molecule has 2 aliphatic rings. The van der Waals surface area contributed by atoms with Crippen molar-refractivity contribution < 1.29 is 9.53 Å². The number of carbonyl (C=O) groups excluding carboxylic acids is 1. The average molecular weight is 515 g/mol. The molecule has 194 valence electrons. The maximum absolute atomic E-state index is 12.4. The number of ether oxygens (including phenoxy) is 1. The van der Waals surface area contributed by atoms with E-state index < -0.39 is 5.91 Å². The number of carbonyl (C=O) groups is 1. The van der Waals surface area contributed by atoms with Crippen molar-refractivity contribution >= 4 is 29.0 Å². The minimum atomic E-state index is -0.696. The highest BCUT2D eigenvalue weighted by Gasteiger charge is 2.29. The van der Waals surface area contributed by atoms with Gasteiger partial charge < -0.3 is 25.7 Å². The quantitative estimate of drug-likeness (QED) is 0.320. The number of nitrogens with zero attached hydrogens (tertiary/aromatic N) is 6. The second kappa shape index (κ2) is 11.9. The lowest BCUT2D eigenvalue weighted by Gasteiger charge is -2.41. The molecule has 1 amide bonds. The van der Waals surface area contributed by atoms with Crippen molar-refractivity contribution in [3.8, 4) is 5.75 Å². The summed E-state index contributed by atoms with van der Waals surface area (Å²) in [6.45, 7) is 6.48. The van der Waals surface area contributed by atoms with E-state index in [2.05, 4.69) is 48.5 Å². The van der Waals surface area contributed by atoms with E-state index in [4.69, 9.17) is 22.2 Å². The fourth-order valence-corrected chi connectivity index (χ4v) is 5.47. The highest BCUT2D eigenvalue weighted by Crippen LogP contribution is 2.37. The number of nitrogens with two attached hydrogens (primary N) is 1. The molecule has 4 rings (SSSR count). The molecule has 2 saturated heterocycles. The number of aromatic nitrogens is 2. The minimum Gasteiger partial charge on any atom is -0.496 e. The van der Waals surface area contributed by atoms with E-state index in [1.165, 1.54) is 31.5 Å². The average Bonchev–Trinajstić information content (AvgIpc) is 2.89. The van der Waals surface area contributed by atoms with Gasteiger partial charge in [-0.05, 0) is 82.9 Å². The van der Waals surface area contributed by atoms with Crippen molar-refractivity contribution in [1.82, 2.24) is 19.8 Å². The maximum atomic E-state index is 12.4. The van der Waals surface area contributed by atoms with Crippen LogP contribution in [0.25, 0.3) is 0 Å². The van der Waals surface area contributed by atoms with Crippen LogP contribution in [0.4, 0.5) is 11.5 Å². The summed E-state index contributed by atoms with van der Waals surface area (Å²) in [4.78, 5) is 26.2. The van der Waals surface area contributed by atoms with Crippen molar-refractivity contribution in [3.63, 3.8) is 0 Å². The van der Waals surface area contributed by atoms with Crippen molar-refractivity contribution in [2.75, 3.05) is 45.7 Å². The van der Waals surface area contributed by atoms with Gasteiger partial charge in [0, 0.05) is 17.8 Å². The second-order valence-corrected chi connectivity index (χ2v) is 9.82. The Balaban J connectivity index is 1.49. The molecule has 0 unspecified atom stereocenters. The Bertz CT molecular complexity index is 1100. The molecule has 3 heterocycles. The molecule has 0 aliphatic carbocycles.